The van der Waals surface area contributed by atoms with Crippen LogP contribution in [-0.4, -0.2) is 40.5 Å². The molecule has 12 heteroatoms. The third-order valence-corrected chi connectivity index (χ3v) is 6.31. The standard InChI is InChI=1S/C25H29F3N4O5/c1-24(35,23(34)31-19-11-12-21(32(36)37)20(13-19)25(26,27)28)15-30-18-9-7-17(8-10-18)22(33)29-14-16-5-3-2-4-6-16/h7-13,16,30,35H,2-6,14-15H2,1H3,(H,29,33)(H,31,34). The summed E-state index contributed by atoms with van der Waals surface area (Å²) in [6, 6.07) is 8.44. The molecule has 0 heterocycles. The number of hydrogen-bond acceptors (Lipinski definition) is 6. The van der Waals surface area contributed by atoms with Crippen LogP contribution >= 0.6 is 0 Å². The molecule has 0 aromatic heterocycles. The number of halogens is 3. The van der Waals surface area contributed by atoms with Gasteiger partial charge in [-0.15, -0.1) is 0 Å². The van der Waals surface area contributed by atoms with E-state index in [4.69, 9.17) is 0 Å². The number of alkyl halides is 3. The summed E-state index contributed by atoms with van der Waals surface area (Å²) in [5.41, 5.74) is -4.10. The number of nitrogens with one attached hydrogen (secondary N) is 3. The minimum Gasteiger partial charge on any atom is -0.382 e. The highest BCUT2D eigenvalue weighted by atomic mass is 19.4. The second-order valence-corrected chi connectivity index (χ2v) is 9.36. The molecule has 3 rings (SSSR count). The van der Waals surface area contributed by atoms with Crippen LogP contribution in [0.15, 0.2) is 42.5 Å². The van der Waals surface area contributed by atoms with E-state index in [1.165, 1.54) is 26.2 Å². The second-order valence-electron chi connectivity index (χ2n) is 9.36. The minimum atomic E-state index is -5.01. The SMILES string of the molecule is CC(O)(CNc1ccc(C(=O)NCC2CCCCC2)cc1)C(=O)Nc1ccc([N+](=O)[O-])c(C(F)(F)F)c1. The number of amides is 2. The van der Waals surface area contributed by atoms with Crippen molar-refractivity contribution >= 4 is 28.9 Å². The number of nitro groups is 1. The molecule has 200 valence electrons. The van der Waals surface area contributed by atoms with E-state index in [1.807, 2.05) is 0 Å². The van der Waals surface area contributed by atoms with Gasteiger partial charge < -0.3 is 21.1 Å². The van der Waals surface area contributed by atoms with Crippen LogP contribution in [0.1, 0.15) is 54.9 Å². The molecule has 1 aliphatic carbocycles. The van der Waals surface area contributed by atoms with Crippen LogP contribution in [0.4, 0.5) is 30.2 Å². The Morgan fingerprint density at radius 2 is 1.68 bits per heavy atom. The molecule has 0 radical (unpaired) electrons. The van der Waals surface area contributed by atoms with Crippen molar-refractivity contribution in [2.75, 3.05) is 23.7 Å². The van der Waals surface area contributed by atoms with Gasteiger partial charge in [0.1, 0.15) is 5.56 Å². The van der Waals surface area contributed by atoms with Crippen molar-refractivity contribution in [3.05, 3.63) is 63.7 Å². The average Bonchev–Trinajstić information content (AvgIpc) is 2.86. The van der Waals surface area contributed by atoms with Crippen molar-refractivity contribution in [1.82, 2.24) is 5.32 Å². The first kappa shape index (κ1) is 27.9. The van der Waals surface area contributed by atoms with Gasteiger partial charge >= 0.3 is 6.18 Å². The van der Waals surface area contributed by atoms with Gasteiger partial charge in [-0.2, -0.15) is 13.2 Å². The Bertz CT molecular complexity index is 1130. The van der Waals surface area contributed by atoms with E-state index in [1.54, 1.807) is 24.3 Å². The van der Waals surface area contributed by atoms with Gasteiger partial charge in [0.25, 0.3) is 17.5 Å². The molecule has 9 nitrogen and oxygen atoms in total. The Hall–Kier alpha value is -3.67. The van der Waals surface area contributed by atoms with E-state index in [0.29, 0.717) is 35.8 Å². The van der Waals surface area contributed by atoms with Crippen LogP contribution in [0.5, 0.6) is 0 Å². The highest BCUT2D eigenvalue weighted by Gasteiger charge is 2.39. The molecule has 1 fully saturated rings. The van der Waals surface area contributed by atoms with Gasteiger partial charge in [0.2, 0.25) is 0 Å². The van der Waals surface area contributed by atoms with Gasteiger partial charge in [-0.05, 0) is 62.1 Å². The smallest absolute Gasteiger partial charge is 0.382 e. The molecule has 4 N–H and O–H groups in total. The van der Waals surface area contributed by atoms with Crippen LogP contribution in [0.2, 0.25) is 0 Å². The predicted octanol–water partition coefficient (Wildman–Crippen LogP) is 4.73. The fraction of sp³-hybridized carbons (Fsp3) is 0.440. The van der Waals surface area contributed by atoms with Crippen molar-refractivity contribution in [2.24, 2.45) is 5.92 Å². The number of nitrogens with zero attached hydrogens (tertiary/aromatic N) is 1. The first-order valence-electron chi connectivity index (χ1n) is 11.9. The zero-order chi connectivity index (χ0) is 27.2. The van der Waals surface area contributed by atoms with Crippen LogP contribution in [0.25, 0.3) is 0 Å². The van der Waals surface area contributed by atoms with Gasteiger partial charge in [-0.1, -0.05) is 19.3 Å². The maximum atomic E-state index is 13.2. The third kappa shape index (κ3) is 7.66. The van der Waals surface area contributed by atoms with Crippen LogP contribution in [0.3, 0.4) is 0 Å². The number of nitro benzene ring substituents is 1. The van der Waals surface area contributed by atoms with Gasteiger partial charge in [-0.3, -0.25) is 19.7 Å². The number of rotatable bonds is 9. The molecular weight excluding hydrogens is 493 g/mol. The Balaban J connectivity index is 1.56. The number of hydrogen-bond donors (Lipinski definition) is 4. The lowest BCUT2D eigenvalue weighted by atomic mass is 9.89. The predicted molar refractivity (Wildman–Crippen MR) is 131 cm³/mol. The second kappa shape index (κ2) is 11.6. The topological polar surface area (TPSA) is 134 Å². The molecule has 37 heavy (non-hydrogen) atoms. The molecule has 0 bridgehead atoms. The molecule has 0 spiro atoms. The summed E-state index contributed by atoms with van der Waals surface area (Å²) in [6.45, 7) is 1.50. The lowest BCUT2D eigenvalue weighted by molar-refractivity contribution is -0.388. The summed E-state index contributed by atoms with van der Waals surface area (Å²) in [5.74, 6) is -0.705. The average molecular weight is 523 g/mol. The number of anilines is 2. The van der Waals surface area contributed by atoms with Gasteiger partial charge in [0, 0.05) is 29.5 Å². The maximum absolute atomic E-state index is 13.2. The summed E-state index contributed by atoms with van der Waals surface area (Å²) in [5, 5.41) is 29.4. The number of aliphatic hydroxyl groups is 1. The van der Waals surface area contributed by atoms with E-state index < -0.39 is 33.9 Å². The number of benzene rings is 2. The molecule has 1 atom stereocenters. The van der Waals surface area contributed by atoms with Crippen molar-refractivity contribution in [3.8, 4) is 0 Å². The Labute approximate surface area is 211 Å². The molecule has 1 unspecified atom stereocenters. The number of carbonyl (C=O) groups excluding carboxylic acids is 2. The zero-order valence-electron chi connectivity index (χ0n) is 20.2. The largest absolute Gasteiger partial charge is 0.423 e. The minimum absolute atomic E-state index is 0.190. The molecule has 1 aliphatic rings. The Morgan fingerprint density at radius 1 is 1.05 bits per heavy atom. The molecule has 2 aromatic rings. The highest BCUT2D eigenvalue weighted by molar-refractivity contribution is 5.97. The Morgan fingerprint density at radius 3 is 2.27 bits per heavy atom. The fourth-order valence-corrected chi connectivity index (χ4v) is 4.09. The van der Waals surface area contributed by atoms with Crippen LogP contribution in [-0.2, 0) is 11.0 Å². The van der Waals surface area contributed by atoms with E-state index in [-0.39, 0.29) is 18.1 Å². The van der Waals surface area contributed by atoms with Crippen LogP contribution in [0, 0.1) is 16.0 Å². The van der Waals surface area contributed by atoms with Gasteiger partial charge in [-0.25, -0.2) is 0 Å². The van der Waals surface area contributed by atoms with Gasteiger partial charge in [0.05, 0.1) is 11.5 Å². The molecule has 0 aliphatic heterocycles. The van der Waals surface area contributed by atoms with Crippen LogP contribution < -0.4 is 16.0 Å². The zero-order valence-corrected chi connectivity index (χ0v) is 20.2. The molecule has 1 saturated carbocycles. The summed E-state index contributed by atoms with van der Waals surface area (Å²) < 4.78 is 39.5. The summed E-state index contributed by atoms with van der Waals surface area (Å²) in [7, 11) is 0. The molecule has 0 saturated heterocycles. The van der Waals surface area contributed by atoms with E-state index in [2.05, 4.69) is 16.0 Å². The van der Waals surface area contributed by atoms with Crippen molar-refractivity contribution < 1.29 is 32.8 Å². The lowest BCUT2D eigenvalue weighted by Gasteiger charge is -2.23. The third-order valence-electron chi connectivity index (χ3n) is 6.31. The van der Waals surface area contributed by atoms with E-state index >= 15 is 0 Å². The van der Waals surface area contributed by atoms with Crippen molar-refractivity contribution in [2.45, 2.75) is 50.8 Å². The quantitative estimate of drug-likeness (QED) is 0.278. The van der Waals surface area contributed by atoms with Gasteiger partial charge in [0.15, 0.2) is 5.60 Å². The highest BCUT2D eigenvalue weighted by Crippen LogP contribution is 2.37. The summed E-state index contributed by atoms with van der Waals surface area (Å²) in [6.07, 6.45) is 0.834. The lowest BCUT2D eigenvalue weighted by Crippen LogP contribution is -2.45. The summed E-state index contributed by atoms with van der Waals surface area (Å²) >= 11 is 0. The number of carbonyl (C=O) groups is 2. The summed E-state index contributed by atoms with van der Waals surface area (Å²) in [4.78, 5) is 34.6. The first-order chi connectivity index (χ1) is 17.4. The maximum Gasteiger partial charge on any atom is 0.423 e. The first-order valence-corrected chi connectivity index (χ1v) is 11.9. The fourth-order valence-electron chi connectivity index (χ4n) is 4.09. The molecular formula is C25H29F3N4O5. The van der Waals surface area contributed by atoms with Crippen molar-refractivity contribution in [3.63, 3.8) is 0 Å². The monoisotopic (exact) mass is 522 g/mol. The Kier molecular flexibility index (Phi) is 8.74. The van der Waals surface area contributed by atoms with Crippen molar-refractivity contribution in [1.29, 1.82) is 0 Å². The molecule has 2 aromatic carbocycles. The normalized spacial score (nSPS) is 15.9. The van der Waals surface area contributed by atoms with E-state index in [0.717, 1.165) is 18.9 Å². The van der Waals surface area contributed by atoms with E-state index in [9.17, 15) is 38.0 Å². The molecule has 2 amide bonds.